The van der Waals surface area contributed by atoms with E-state index in [0.29, 0.717) is 6.04 Å². The Morgan fingerprint density at radius 3 is 2.93 bits per heavy atom. The van der Waals surface area contributed by atoms with Crippen molar-refractivity contribution in [1.82, 2.24) is 4.90 Å². The van der Waals surface area contributed by atoms with Gasteiger partial charge in [0.1, 0.15) is 0 Å². The first kappa shape index (κ1) is 11.6. The molecule has 78 valence electrons. The van der Waals surface area contributed by atoms with Gasteiger partial charge in [0.05, 0.1) is 4.88 Å². The molecule has 1 aromatic rings. The third-order valence-electron chi connectivity index (χ3n) is 2.12. The molecular weight excluding hydrogens is 214 g/mol. The van der Waals surface area contributed by atoms with Gasteiger partial charge in [-0.15, -0.1) is 11.3 Å². The maximum Gasteiger partial charge on any atom is 0.263 e. The molecule has 1 amide bonds. The molecule has 0 aromatic carbocycles. The standard InChI is InChI=1S/C10H15NOS2/c1-8(7-13-3)11(2)10(12)9-5-4-6-14-9/h4-6,8H,7H2,1-3H3. The molecule has 1 unspecified atom stereocenters. The van der Waals surface area contributed by atoms with Crippen LogP contribution >= 0.6 is 23.1 Å². The number of thioether (sulfide) groups is 1. The minimum absolute atomic E-state index is 0.126. The summed E-state index contributed by atoms with van der Waals surface area (Å²) in [6.07, 6.45) is 2.06. The van der Waals surface area contributed by atoms with Crippen molar-refractivity contribution in [3.63, 3.8) is 0 Å². The summed E-state index contributed by atoms with van der Waals surface area (Å²) in [7, 11) is 1.86. The van der Waals surface area contributed by atoms with Crippen molar-refractivity contribution in [3.05, 3.63) is 22.4 Å². The van der Waals surface area contributed by atoms with E-state index in [1.807, 2.05) is 29.5 Å². The van der Waals surface area contributed by atoms with Crippen molar-refractivity contribution in [3.8, 4) is 0 Å². The topological polar surface area (TPSA) is 20.3 Å². The highest BCUT2D eigenvalue weighted by atomic mass is 32.2. The molecule has 0 aliphatic rings. The molecule has 1 atom stereocenters. The Morgan fingerprint density at radius 1 is 1.71 bits per heavy atom. The van der Waals surface area contributed by atoms with Crippen LogP contribution in [0.15, 0.2) is 17.5 Å². The number of rotatable bonds is 4. The molecular formula is C10H15NOS2. The Labute approximate surface area is 93.3 Å². The number of hydrogen-bond donors (Lipinski definition) is 0. The van der Waals surface area contributed by atoms with Crippen molar-refractivity contribution in [1.29, 1.82) is 0 Å². The minimum Gasteiger partial charge on any atom is -0.337 e. The fourth-order valence-electron chi connectivity index (χ4n) is 1.13. The van der Waals surface area contributed by atoms with Gasteiger partial charge in [0.15, 0.2) is 0 Å². The highest BCUT2D eigenvalue weighted by Crippen LogP contribution is 2.13. The normalized spacial score (nSPS) is 12.5. The molecule has 0 fully saturated rings. The molecule has 1 heterocycles. The minimum atomic E-state index is 0.126. The fraction of sp³-hybridized carbons (Fsp3) is 0.500. The largest absolute Gasteiger partial charge is 0.337 e. The van der Waals surface area contributed by atoms with Gasteiger partial charge in [-0.05, 0) is 24.6 Å². The summed E-state index contributed by atoms with van der Waals surface area (Å²) in [6, 6.07) is 4.07. The number of amides is 1. The zero-order valence-corrected chi connectivity index (χ0v) is 10.3. The Balaban J connectivity index is 2.61. The summed E-state index contributed by atoms with van der Waals surface area (Å²) in [4.78, 5) is 14.5. The molecule has 0 bridgehead atoms. The second-order valence-corrected chi connectivity index (χ2v) is 5.06. The SMILES string of the molecule is CSCC(C)N(C)C(=O)c1cccs1. The van der Waals surface area contributed by atoms with Gasteiger partial charge in [-0.25, -0.2) is 0 Å². The fourth-order valence-corrected chi connectivity index (χ4v) is 2.54. The smallest absolute Gasteiger partial charge is 0.263 e. The second kappa shape index (κ2) is 5.41. The van der Waals surface area contributed by atoms with Crippen molar-refractivity contribution < 1.29 is 4.79 Å². The first-order valence-electron chi connectivity index (χ1n) is 4.46. The number of thiophene rings is 1. The van der Waals surface area contributed by atoms with E-state index in [9.17, 15) is 4.79 Å². The highest BCUT2D eigenvalue weighted by molar-refractivity contribution is 7.98. The van der Waals surface area contributed by atoms with Crippen LogP contribution in [-0.4, -0.2) is 35.9 Å². The molecule has 0 spiro atoms. The van der Waals surface area contributed by atoms with E-state index in [1.54, 1.807) is 11.8 Å². The average Bonchev–Trinajstić information content (AvgIpc) is 2.68. The monoisotopic (exact) mass is 229 g/mol. The summed E-state index contributed by atoms with van der Waals surface area (Å²) in [5.74, 6) is 1.11. The first-order chi connectivity index (χ1) is 6.66. The van der Waals surface area contributed by atoms with Crippen LogP contribution in [0.5, 0.6) is 0 Å². The summed E-state index contributed by atoms with van der Waals surface area (Å²) >= 11 is 3.26. The van der Waals surface area contributed by atoms with Crippen molar-refractivity contribution in [2.24, 2.45) is 0 Å². The Kier molecular flexibility index (Phi) is 4.48. The Bertz CT molecular complexity index is 284. The molecule has 1 rings (SSSR count). The molecule has 0 radical (unpaired) electrons. The average molecular weight is 229 g/mol. The quantitative estimate of drug-likeness (QED) is 0.791. The molecule has 14 heavy (non-hydrogen) atoms. The lowest BCUT2D eigenvalue weighted by Crippen LogP contribution is -2.36. The zero-order valence-electron chi connectivity index (χ0n) is 8.69. The predicted octanol–water partition coefficient (Wildman–Crippen LogP) is 2.57. The van der Waals surface area contributed by atoms with Crippen LogP contribution in [0.25, 0.3) is 0 Å². The van der Waals surface area contributed by atoms with Gasteiger partial charge in [0.2, 0.25) is 0 Å². The zero-order chi connectivity index (χ0) is 10.6. The van der Waals surface area contributed by atoms with Crippen molar-refractivity contribution in [2.75, 3.05) is 19.1 Å². The first-order valence-corrected chi connectivity index (χ1v) is 6.73. The van der Waals surface area contributed by atoms with Crippen LogP contribution < -0.4 is 0 Å². The van der Waals surface area contributed by atoms with Gasteiger partial charge in [0, 0.05) is 18.8 Å². The van der Waals surface area contributed by atoms with Crippen LogP contribution in [0, 0.1) is 0 Å². The Morgan fingerprint density at radius 2 is 2.43 bits per heavy atom. The molecule has 4 heteroatoms. The predicted molar refractivity (Wildman–Crippen MR) is 64.3 cm³/mol. The molecule has 2 nitrogen and oxygen atoms in total. The number of nitrogens with zero attached hydrogens (tertiary/aromatic N) is 1. The Hall–Kier alpha value is -0.480. The van der Waals surface area contributed by atoms with E-state index in [1.165, 1.54) is 11.3 Å². The van der Waals surface area contributed by atoms with E-state index in [4.69, 9.17) is 0 Å². The summed E-state index contributed by atoms with van der Waals surface area (Å²) in [6.45, 7) is 2.07. The lowest BCUT2D eigenvalue weighted by atomic mass is 10.3. The van der Waals surface area contributed by atoms with Crippen LogP contribution in [0.3, 0.4) is 0 Å². The summed E-state index contributed by atoms with van der Waals surface area (Å²) in [5.41, 5.74) is 0. The highest BCUT2D eigenvalue weighted by Gasteiger charge is 2.17. The third-order valence-corrected chi connectivity index (χ3v) is 3.79. The maximum atomic E-state index is 11.8. The second-order valence-electron chi connectivity index (χ2n) is 3.20. The van der Waals surface area contributed by atoms with Gasteiger partial charge in [-0.2, -0.15) is 11.8 Å². The van der Waals surface area contributed by atoms with E-state index < -0.39 is 0 Å². The number of hydrogen-bond acceptors (Lipinski definition) is 3. The molecule has 0 aliphatic heterocycles. The van der Waals surface area contributed by atoms with Gasteiger partial charge in [0.25, 0.3) is 5.91 Å². The number of carbonyl (C=O) groups is 1. The molecule has 1 aromatic heterocycles. The van der Waals surface area contributed by atoms with Crippen LogP contribution in [0.4, 0.5) is 0 Å². The lowest BCUT2D eigenvalue weighted by molar-refractivity contribution is 0.0762. The van der Waals surface area contributed by atoms with Crippen LogP contribution in [0.2, 0.25) is 0 Å². The number of carbonyl (C=O) groups excluding carboxylic acids is 1. The lowest BCUT2D eigenvalue weighted by Gasteiger charge is -2.23. The maximum absolute atomic E-state index is 11.8. The van der Waals surface area contributed by atoms with Gasteiger partial charge in [-0.1, -0.05) is 6.07 Å². The van der Waals surface area contributed by atoms with Crippen LogP contribution in [0.1, 0.15) is 16.6 Å². The molecule has 0 aliphatic carbocycles. The van der Waals surface area contributed by atoms with Crippen molar-refractivity contribution >= 4 is 29.0 Å². The van der Waals surface area contributed by atoms with Gasteiger partial charge >= 0.3 is 0 Å². The molecule has 0 saturated heterocycles. The van der Waals surface area contributed by atoms with E-state index in [0.717, 1.165) is 10.6 Å². The molecule has 0 N–H and O–H groups in total. The van der Waals surface area contributed by atoms with Crippen molar-refractivity contribution in [2.45, 2.75) is 13.0 Å². The molecule has 0 saturated carbocycles. The van der Waals surface area contributed by atoms with E-state index in [-0.39, 0.29) is 5.91 Å². The summed E-state index contributed by atoms with van der Waals surface area (Å²) < 4.78 is 0. The van der Waals surface area contributed by atoms with Gasteiger partial charge < -0.3 is 4.90 Å². The van der Waals surface area contributed by atoms with Crippen LogP contribution in [-0.2, 0) is 0 Å². The third kappa shape index (κ3) is 2.75. The summed E-state index contributed by atoms with van der Waals surface area (Å²) in [5, 5.41) is 1.93. The van der Waals surface area contributed by atoms with E-state index in [2.05, 4.69) is 13.2 Å². The van der Waals surface area contributed by atoms with Gasteiger partial charge in [-0.3, -0.25) is 4.79 Å². The van der Waals surface area contributed by atoms with E-state index >= 15 is 0 Å².